The van der Waals surface area contributed by atoms with E-state index in [1.54, 1.807) is 0 Å². The Labute approximate surface area is 118 Å². The molecule has 0 saturated carbocycles. The van der Waals surface area contributed by atoms with Gasteiger partial charge in [-0.1, -0.05) is 13.8 Å². The molecule has 0 aliphatic carbocycles. The molecule has 2 heterocycles. The molecule has 0 radical (unpaired) electrons. The first-order valence-electron chi connectivity index (χ1n) is 6.88. The maximum absolute atomic E-state index is 4.65. The highest BCUT2D eigenvalue weighted by Gasteiger charge is 2.25. The second-order valence-electron chi connectivity index (χ2n) is 4.81. The Morgan fingerprint density at radius 1 is 1.50 bits per heavy atom. The van der Waals surface area contributed by atoms with Crippen LogP contribution in [-0.2, 0) is 6.54 Å². The number of nitrogens with zero attached hydrogens (tertiary/aromatic N) is 2. The van der Waals surface area contributed by atoms with E-state index in [-0.39, 0.29) is 0 Å². The van der Waals surface area contributed by atoms with Gasteiger partial charge in [-0.15, -0.1) is 0 Å². The van der Waals surface area contributed by atoms with Crippen molar-refractivity contribution < 1.29 is 0 Å². The van der Waals surface area contributed by atoms with Crippen LogP contribution in [0, 0.1) is 0 Å². The molecule has 2 rings (SSSR count). The lowest BCUT2D eigenvalue weighted by Crippen LogP contribution is -2.31. The lowest BCUT2D eigenvalue weighted by atomic mass is 10.1. The summed E-state index contributed by atoms with van der Waals surface area (Å²) in [5.74, 6) is 1.17. The molecule has 1 aromatic rings. The van der Waals surface area contributed by atoms with E-state index in [2.05, 4.69) is 51.0 Å². The van der Waals surface area contributed by atoms with Gasteiger partial charge in [0.1, 0.15) is 5.82 Å². The van der Waals surface area contributed by atoms with Crippen LogP contribution in [0.25, 0.3) is 0 Å². The Morgan fingerprint density at radius 3 is 3.06 bits per heavy atom. The number of anilines is 1. The van der Waals surface area contributed by atoms with E-state index < -0.39 is 0 Å². The van der Waals surface area contributed by atoms with Crippen molar-refractivity contribution in [2.45, 2.75) is 45.7 Å². The molecule has 100 valence electrons. The van der Waals surface area contributed by atoms with E-state index in [1.165, 1.54) is 30.6 Å². The molecule has 1 aliphatic heterocycles. The largest absolute Gasteiger partial charge is 0.353 e. The molecule has 1 aliphatic rings. The normalized spacial score (nSPS) is 19.5. The van der Waals surface area contributed by atoms with Crippen LogP contribution in [0.4, 0.5) is 5.82 Å². The van der Waals surface area contributed by atoms with Crippen molar-refractivity contribution in [1.82, 2.24) is 10.3 Å². The maximum atomic E-state index is 4.65. The van der Waals surface area contributed by atoms with Crippen molar-refractivity contribution in [3.63, 3.8) is 0 Å². The van der Waals surface area contributed by atoms with Crippen LogP contribution < -0.4 is 10.2 Å². The Kier molecular flexibility index (Phi) is 5.01. The topological polar surface area (TPSA) is 28.2 Å². The van der Waals surface area contributed by atoms with E-state index in [0.717, 1.165) is 24.1 Å². The molecule has 4 heteroatoms. The monoisotopic (exact) mass is 311 g/mol. The molecule has 1 N–H and O–H groups in total. The first-order valence-corrected chi connectivity index (χ1v) is 7.67. The van der Waals surface area contributed by atoms with E-state index in [9.17, 15) is 0 Å². The van der Waals surface area contributed by atoms with Gasteiger partial charge in [0.25, 0.3) is 0 Å². The Hall–Kier alpha value is -0.610. The van der Waals surface area contributed by atoms with Crippen molar-refractivity contribution in [2.75, 3.05) is 18.0 Å². The van der Waals surface area contributed by atoms with Crippen LogP contribution in [0.1, 0.15) is 38.7 Å². The second-order valence-corrected chi connectivity index (χ2v) is 5.73. The van der Waals surface area contributed by atoms with Gasteiger partial charge in [0.05, 0.1) is 0 Å². The van der Waals surface area contributed by atoms with Gasteiger partial charge in [-0.2, -0.15) is 0 Å². The summed E-state index contributed by atoms with van der Waals surface area (Å²) in [7, 11) is 0. The van der Waals surface area contributed by atoms with Crippen molar-refractivity contribution in [1.29, 1.82) is 0 Å². The van der Waals surface area contributed by atoms with Gasteiger partial charge in [-0.3, -0.25) is 0 Å². The van der Waals surface area contributed by atoms with Crippen molar-refractivity contribution in [3.8, 4) is 0 Å². The minimum absolute atomic E-state index is 0.666. The van der Waals surface area contributed by atoms with Crippen LogP contribution in [0.2, 0.25) is 0 Å². The van der Waals surface area contributed by atoms with Crippen molar-refractivity contribution in [3.05, 3.63) is 22.3 Å². The van der Waals surface area contributed by atoms with E-state index >= 15 is 0 Å². The summed E-state index contributed by atoms with van der Waals surface area (Å²) in [6.45, 7) is 7.43. The van der Waals surface area contributed by atoms with Gasteiger partial charge in [0.2, 0.25) is 0 Å². The van der Waals surface area contributed by atoms with Gasteiger partial charge < -0.3 is 10.2 Å². The number of aromatic nitrogens is 1. The number of rotatable bonds is 5. The molecule has 0 amide bonds. The lowest BCUT2D eigenvalue weighted by molar-refractivity contribution is 0.634. The minimum atomic E-state index is 0.666. The molecule has 1 unspecified atom stereocenters. The third kappa shape index (κ3) is 3.04. The number of pyridine rings is 1. The standard InChI is InChI=1S/C14H22BrN3/c1-3-13-6-5-7-18(13)14-11(9-16-4-2)8-12(15)10-17-14/h8,10,13,16H,3-7,9H2,1-2H3. The Balaban J connectivity index is 2.25. The Morgan fingerprint density at radius 2 is 2.33 bits per heavy atom. The summed E-state index contributed by atoms with van der Waals surface area (Å²) in [4.78, 5) is 7.14. The van der Waals surface area contributed by atoms with E-state index in [0.29, 0.717) is 6.04 Å². The third-order valence-corrected chi connectivity index (χ3v) is 4.03. The fourth-order valence-electron chi connectivity index (χ4n) is 2.66. The molecule has 1 saturated heterocycles. The van der Waals surface area contributed by atoms with Gasteiger partial charge in [-0.05, 0) is 47.8 Å². The molecule has 1 aromatic heterocycles. The zero-order valence-corrected chi connectivity index (χ0v) is 12.8. The first kappa shape index (κ1) is 13.8. The zero-order valence-electron chi connectivity index (χ0n) is 11.2. The molecule has 0 aromatic carbocycles. The average Bonchev–Trinajstić information content (AvgIpc) is 2.84. The Bertz CT molecular complexity index is 395. The lowest BCUT2D eigenvalue weighted by Gasteiger charge is -2.27. The maximum Gasteiger partial charge on any atom is 0.133 e. The molecular formula is C14H22BrN3. The van der Waals surface area contributed by atoms with Crippen LogP contribution in [0.5, 0.6) is 0 Å². The predicted molar refractivity (Wildman–Crippen MR) is 80.0 cm³/mol. The fraction of sp³-hybridized carbons (Fsp3) is 0.643. The molecular weight excluding hydrogens is 290 g/mol. The van der Waals surface area contributed by atoms with E-state index in [4.69, 9.17) is 0 Å². The van der Waals surface area contributed by atoms with Gasteiger partial charge in [-0.25, -0.2) is 4.98 Å². The zero-order chi connectivity index (χ0) is 13.0. The van der Waals surface area contributed by atoms with Crippen molar-refractivity contribution >= 4 is 21.7 Å². The highest BCUT2D eigenvalue weighted by molar-refractivity contribution is 9.10. The van der Waals surface area contributed by atoms with Crippen LogP contribution in [-0.4, -0.2) is 24.1 Å². The van der Waals surface area contributed by atoms with Gasteiger partial charge in [0, 0.05) is 35.4 Å². The molecule has 0 bridgehead atoms. The summed E-state index contributed by atoms with van der Waals surface area (Å²) >= 11 is 3.52. The fourth-order valence-corrected chi connectivity index (χ4v) is 3.04. The average molecular weight is 312 g/mol. The molecule has 1 atom stereocenters. The van der Waals surface area contributed by atoms with Crippen LogP contribution in [0.15, 0.2) is 16.7 Å². The minimum Gasteiger partial charge on any atom is -0.353 e. The van der Waals surface area contributed by atoms with Crippen LogP contribution in [0.3, 0.4) is 0 Å². The SMILES string of the molecule is CCNCc1cc(Br)cnc1N1CCCC1CC. The number of hydrogen-bond donors (Lipinski definition) is 1. The highest BCUT2D eigenvalue weighted by atomic mass is 79.9. The molecule has 1 fully saturated rings. The second kappa shape index (κ2) is 6.53. The predicted octanol–water partition coefficient (Wildman–Crippen LogP) is 3.33. The summed E-state index contributed by atoms with van der Waals surface area (Å²) in [5, 5.41) is 3.40. The summed E-state index contributed by atoms with van der Waals surface area (Å²) in [6, 6.07) is 2.86. The van der Waals surface area contributed by atoms with E-state index in [1.807, 2.05) is 6.20 Å². The molecule has 0 spiro atoms. The van der Waals surface area contributed by atoms with Gasteiger partial charge >= 0.3 is 0 Å². The summed E-state index contributed by atoms with van der Waals surface area (Å²) in [6.07, 6.45) is 5.71. The van der Waals surface area contributed by atoms with Crippen LogP contribution >= 0.6 is 15.9 Å². The first-order chi connectivity index (χ1) is 8.76. The summed E-state index contributed by atoms with van der Waals surface area (Å²) in [5.41, 5.74) is 1.30. The molecule has 18 heavy (non-hydrogen) atoms. The van der Waals surface area contributed by atoms with Gasteiger partial charge in [0.15, 0.2) is 0 Å². The smallest absolute Gasteiger partial charge is 0.133 e. The number of halogens is 1. The third-order valence-electron chi connectivity index (χ3n) is 3.60. The quantitative estimate of drug-likeness (QED) is 0.904. The number of hydrogen-bond acceptors (Lipinski definition) is 3. The molecule has 3 nitrogen and oxygen atoms in total. The highest BCUT2D eigenvalue weighted by Crippen LogP contribution is 2.29. The number of nitrogens with one attached hydrogen (secondary N) is 1. The van der Waals surface area contributed by atoms with Crippen molar-refractivity contribution in [2.24, 2.45) is 0 Å². The summed E-state index contributed by atoms with van der Waals surface area (Å²) < 4.78 is 1.06.